The van der Waals surface area contributed by atoms with E-state index in [1.54, 1.807) is 23.0 Å². The van der Waals surface area contributed by atoms with Crippen molar-refractivity contribution in [3.8, 4) is 0 Å². The quantitative estimate of drug-likeness (QED) is 0.575. The maximum Gasteiger partial charge on any atom is 0.109 e. The van der Waals surface area contributed by atoms with Crippen molar-refractivity contribution in [1.82, 2.24) is 0 Å². The predicted octanol–water partition coefficient (Wildman–Crippen LogP) is 1.14. The lowest BCUT2D eigenvalue weighted by molar-refractivity contribution is 0.0202. The van der Waals surface area contributed by atoms with Gasteiger partial charge >= 0.3 is 0 Å². The van der Waals surface area contributed by atoms with Crippen molar-refractivity contribution in [3.63, 3.8) is 0 Å². The summed E-state index contributed by atoms with van der Waals surface area (Å²) in [5, 5.41) is 9.02. The summed E-state index contributed by atoms with van der Waals surface area (Å²) in [7, 11) is 0. The highest BCUT2D eigenvalue weighted by Gasteiger charge is 2.01. The average Bonchev–Trinajstić information content (AvgIpc) is 1.89. The largest absolute Gasteiger partial charge is 0.388 e. The fourth-order valence-electron chi connectivity index (χ4n) is 0.485. The second kappa shape index (κ2) is 7.71. The van der Waals surface area contributed by atoms with Crippen LogP contribution in [0.2, 0.25) is 0 Å². The minimum Gasteiger partial charge on any atom is -0.388 e. The molecule has 0 radical (unpaired) electrons. The molecule has 0 aliphatic carbocycles. The molecule has 0 fully saturated rings. The molecule has 0 amide bonds. The Morgan fingerprint density at radius 2 is 2.20 bits per heavy atom. The van der Waals surface area contributed by atoms with Crippen molar-refractivity contribution in [1.29, 1.82) is 0 Å². The van der Waals surface area contributed by atoms with Crippen LogP contribution in [0.4, 0.5) is 0 Å². The molecular formula is C6H13IO3. The molecule has 62 valence electrons. The summed E-state index contributed by atoms with van der Waals surface area (Å²) in [4.78, 5) is 0. The van der Waals surface area contributed by atoms with E-state index >= 15 is 0 Å². The first-order valence-corrected chi connectivity index (χ1v) is 4.18. The van der Waals surface area contributed by atoms with Crippen LogP contribution in [0.1, 0.15) is 13.3 Å². The second-order valence-corrected chi connectivity index (χ2v) is 2.63. The third-order valence-electron chi connectivity index (χ3n) is 0.914. The number of hydrogen-bond donors (Lipinski definition) is 1. The number of hydrogen-bond acceptors (Lipinski definition) is 3. The van der Waals surface area contributed by atoms with Crippen molar-refractivity contribution in [2.75, 3.05) is 19.8 Å². The van der Waals surface area contributed by atoms with Crippen LogP contribution in [0.15, 0.2) is 0 Å². The molecule has 1 atom stereocenters. The van der Waals surface area contributed by atoms with E-state index in [2.05, 4.69) is 3.07 Å². The number of halogens is 1. The number of rotatable bonds is 6. The zero-order valence-corrected chi connectivity index (χ0v) is 8.20. The van der Waals surface area contributed by atoms with Gasteiger partial charge in [-0.2, -0.15) is 0 Å². The van der Waals surface area contributed by atoms with Gasteiger partial charge in [0.25, 0.3) is 0 Å². The molecular weight excluding hydrogens is 247 g/mol. The van der Waals surface area contributed by atoms with Crippen molar-refractivity contribution < 1.29 is 12.9 Å². The van der Waals surface area contributed by atoms with Gasteiger partial charge < -0.3 is 12.9 Å². The Bertz CT molecular complexity index is 70.0. The Balaban J connectivity index is 2.97. The van der Waals surface area contributed by atoms with E-state index < -0.39 is 6.10 Å². The van der Waals surface area contributed by atoms with E-state index in [9.17, 15) is 0 Å². The van der Waals surface area contributed by atoms with E-state index in [1.807, 2.05) is 6.92 Å². The molecule has 0 saturated heterocycles. The van der Waals surface area contributed by atoms with Crippen LogP contribution in [0.25, 0.3) is 0 Å². The summed E-state index contributed by atoms with van der Waals surface area (Å²) in [5.74, 6) is 0. The summed E-state index contributed by atoms with van der Waals surface area (Å²) >= 11 is 1.75. The molecule has 0 aromatic heterocycles. The van der Waals surface area contributed by atoms with Gasteiger partial charge in [0.15, 0.2) is 0 Å². The zero-order valence-electron chi connectivity index (χ0n) is 6.05. The smallest absolute Gasteiger partial charge is 0.109 e. The van der Waals surface area contributed by atoms with Crippen molar-refractivity contribution >= 4 is 23.0 Å². The molecule has 1 unspecified atom stereocenters. The van der Waals surface area contributed by atoms with E-state index in [0.29, 0.717) is 19.8 Å². The van der Waals surface area contributed by atoms with Gasteiger partial charge in [0.2, 0.25) is 0 Å². The Kier molecular flexibility index (Phi) is 8.18. The summed E-state index contributed by atoms with van der Waals surface area (Å²) in [6.07, 6.45) is 0.501. The number of aliphatic hydroxyl groups is 1. The van der Waals surface area contributed by atoms with E-state index in [4.69, 9.17) is 9.84 Å². The lowest BCUT2D eigenvalue weighted by atomic mass is 10.4. The average molecular weight is 260 g/mol. The Morgan fingerprint density at radius 3 is 2.70 bits per heavy atom. The van der Waals surface area contributed by atoms with Gasteiger partial charge in [-0.1, -0.05) is 6.92 Å². The molecule has 0 spiro atoms. The normalized spacial score (nSPS) is 13.5. The first kappa shape index (κ1) is 10.6. The first-order valence-electron chi connectivity index (χ1n) is 3.30. The van der Waals surface area contributed by atoms with Gasteiger partial charge in [0, 0.05) is 6.61 Å². The van der Waals surface area contributed by atoms with Crippen LogP contribution in [0.3, 0.4) is 0 Å². The topological polar surface area (TPSA) is 38.7 Å². The molecule has 0 aromatic rings. The molecule has 3 nitrogen and oxygen atoms in total. The molecule has 10 heavy (non-hydrogen) atoms. The van der Waals surface area contributed by atoms with Crippen LogP contribution in [0, 0.1) is 0 Å². The molecule has 0 aliphatic heterocycles. The van der Waals surface area contributed by atoms with Crippen LogP contribution in [-0.4, -0.2) is 31.0 Å². The first-order chi connectivity index (χ1) is 4.81. The maximum atomic E-state index is 9.02. The zero-order chi connectivity index (χ0) is 7.82. The Morgan fingerprint density at radius 1 is 1.50 bits per heavy atom. The molecule has 1 N–H and O–H groups in total. The fourth-order valence-corrected chi connectivity index (χ4v) is 0.900. The third-order valence-corrected chi connectivity index (χ3v) is 1.27. The number of aliphatic hydroxyl groups excluding tert-OH is 1. The molecule has 0 rings (SSSR count). The minimum atomic E-state index is -0.483. The second-order valence-electron chi connectivity index (χ2n) is 2.00. The number of ether oxygens (including phenoxy) is 1. The summed E-state index contributed by atoms with van der Waals surface area (Å²) in [6, 6.07) is 0. The Labute approximate surface area is 75.4 Å². The molecule has 4 heteroatoms. The van der Waals surface area contributed by atoms with Gasteiger partial charge in [-0.25, -0.2) is 0 Å². The van der Waals surface area contributed by atoms with Crippen LogP contribution >= 0.6 is 23.0 Å². The lowest BCUT2D eigenvalue weighted by Crippen LogP contribution is -2.19. The molecule has 0 aromatic carbocycles. The molecule has 0 bridgehead atoms. The summed E-state index contributed by atoms with van der Waals surface area (Å²) < 4.78 is 9.74. The molecule has 0 heterocycles. The van der Waals surface area contributed by atoms with Gasteiger partial charge in [0.05, 0.1) is 13.2 Å². The van der Waals surface area contributed by atoms with Crippen LogP contribution < -0.4 is 0 Å². The summed E-state index contributed by atoms with van der Waals surface area (Å²) in [6.45, 7) is 3.45. The van der Waals surface area contributed by atoms with Gasteiger partial charge in [-0.3, -0.25) is 0 Å². The summed E-state index contributed by atoms with van der Waals surface area (Å²) in [5.41, 5.74) is 0. The predicted molar refractivity (Wildman–Crippen MR) is 47.1 cm³/mol. The Hall–Kier alpha value is 0.610. The fraction of sp³-hybridized carbons (Fsp3) is 1.00. The van der Waals surface area contributed by atoms with Crippen LogP contribution in [-0.2, 0) is 7.80 Å². The highest BCUT2D eigenvalue weighted by atomic mass is 127. The molecule has 0 saturated carbocycles. The maximum absolute atomic E-state index is 9.02. The monoisotopic (exact) mass is 260 g/mol. The van der Waals surface area contributed by atoms with Crippen molar-refractivity contribution in [3.05, 3.63) is 0 Å². The third kappa shape index (κ3) is 6.73. The van der Waals surface area contributed by atoms with Gasteiger partial charge in [-0.15, -0.1) is 0 Å². The minimum absolute atomic E-state index is 0.338. The van der Waals surface area contributed by atoms with E-state index in [-0.39, 0.29) is 0 Å². The van der Waals surface area contributed by atoms with Gasteiger partial charge in [0.1, 0.15) is 29.1 Å². The van der Waals surface area contributed by atoms with Gasteiger partial charge in [-0.05, 0) is 6.42 Å². The van der Waals surface area contributed by atoms with Crippen molar-refractivity contribution in [2.45, 2.75) is 19.4 Å². The van der Waals surface area contributed by atoms with E-state index in [1.165, 1.54) is 0 Å². The van der Waals surface area contributed by atoms with E-state index in [0.717, 1.165) is 6.42 Å². The SMILES string of the molecule is CCCOCC(O)COI. The highest BCUT2D eigenvalue weighted by molar-refractivity contribution is 14.1. The standard InChI is InChI=1S/C6H13IO3/c1-2-3-9-4-6(8)5-10-7/h6,8H,2-5H2,1H3. The lowest BCUT2D eigenvalue weighted by Gasteiger charge is -2.07. The molecule has 0 aliphatic rings. The van der Waals surface area contributed by atoms with Crippen molar-refractivity contribution in [2.24, 2.45) is 0 Å². The highest BCUT2D eigenvalue weighted by Crippen LogP contribution is 1.92. The van der Waals surface area contributed by atoms with Crippen LogP contribution in [0.5, 0.6) is 0 Å².